The van der Waals surface area contributed by atoms with Crippen molar-refractivity contribution in [3.8, 4) is 5.75 Å². The number of rotatable bonds is 5. The number of hydrogen-bond donors (Lipinski definition) is 0. The van der Waals surface area contributed by atoms with E-state index in [2.05, 4.69) is 34.6 Å². The summed E-state index contributed by atoms with van der Waals surface area (Å²) in [6.07, 6.45) is 5.68. The molecular formula is C19H28O2W. The third-order valence-electron chi connectivity index (χ3n) is 2.77. The molecule has 0 aromatic heterocycles. The first-order valence-corrected chi connectivity index (χ1v) is 7.23. The van der Waals surface area contributed by atoms with E-state index < -0.39 is 0 Å². The molecule has 122 valence electrons. The van der Waals surface area contributed by atoms with Crippen LogP contribution < -0.4 is 4.74 Å². The van der Waals surface area contributed by atoms with Crippen LogP contribution in [0, 0.1) is 19.3 Å². The van der Waals surface area contributed by atoms with Crippen LogP contribution in [0.25, 0.3) is 0 Å². The predicted octanol–water partition coefficient (Wildman–Crippen LogP) is 4.84. The Kier molecular flexibility index (Phi) is 13.2. The molecule has 0 heterocycles. The standard InChI is InChI=1S/C12H13O2.C7H15.W/c1-3-4-11(13)9-10-5-7-12(14-2)8-6-10;1-5-6-7(2,3)4;/h3-8H,1,9H2,2H3;1,5-6H2,2-4H3;/q2*-1;+2/b4-3+;;. The van der Waals surface area contributed by atoms with E-state index in [0.717, 1.165) is 17.7 Å². The average molecular weight is 472 g/mol. The summed E-state index contributed by atoms with van der Waals surface area (Å²) in [6, 6.07) is 7.45. The van der Waals surface area contributed by atoms with E-state index in [4.69, 9.17) is 4.74 Å². The largest absolute Gasteiger partial charge is 2.00 e. The average Bonchev–Trinajstić information content (AvgIpc) is 2.39. The molecule has 0 unspecified atom stereocenters. The number of carbonyl (C=O) groups excluding carboxylic acids is 1. The Morgan fingerprint density at radius 1 is 1.23 bits per heavy atom. The molecule has 0 N–H and O–H groups in total. The van der Waals surface area contributed by atoms with Gasteiger partial charge in [0.1, 0.15) is 5.75 Å². The third-order valence-corrected chi connectivity index (χ3v) is 2.77. The second-order valence-corrected chi connectivity index (χ2v) is 6.06. The van der Waals surface area contributed by atoms with Crippen LogP contribution in [0.15, 0.2) is 36.4 Å². The monoisotopic (exact) mass is 472 g/mol. The summed E-state index contributed by atoms with van der Waals surface area (Å²) >= 11 is 0. The topological polar surface area (TPSA) is 26.3 Å². The van der Waals surface area contributed by atoms with Crippen molar-refractivity contribution in [2.24, 2.45) is 5.41 Å². The van der Waals surface area contributed by atoms with E-state index >= 15 is 0 Å². The first-order chi connectivity index (χ1) is 9.82. The molecule has 0 bridgehead atoms. The smallest absolute Gasteiger partial charge is 0.497 e. The first kappa shape index (κ1) is 23.3. The van der Waals surface area contributed by atoms with Crippen molar-refractivity contribution in [2.45, 2.75) is 40.0 Å². The van der Waals surface area contributed by atoms with E-state index in [1.54, 1.807) is 7.11 Å². The molecule has 0 saturated heterocycles. The van der Waals surface area contributed by atoms with Crippen molar-refractivity contribution in [1.29, 1.82) is 0 Å². The van der Waals surface area contributed by atoms with Gasteiger partial charge in [-0.15, -0.1) is 0 Å². The number of allylic oxidation sites excluding steroid dienone is 2. The Balaban J connectivity index is 0. The molecular weight excluding hydrogens is 444 g/mol. The maximum Gasteiger partial charge on any atom is 2.00 e. The third kappa shape index (κ3) is 12.7. The number of carbonyl (C=O) groups is 1. The van der Waals surface area contributed by atoms with Gasteiger partial charge < -0.3 is 16.5 Å². The zero-order valence-corrected chi connectivity index (χ0v) is 17.2. The minimum atomic E-state index is 0. The minimum absolute atomic E-state index is 0. The van der Waals surface area contributed by atoms with Crippen LogP contribution in [0.2, 0.25) is 0 Å². The molecule has 3 heteroatoms. The van der Waals surface area contributed by atoms with Gasteiger partial charge in [-0.3, -0.25) is 0 Å². The molecule has 0 saturated carbocycles. The van der Waals surface area contributed by atoms with E-state index in [0.29, 0.717) is 11.8 Å². The maximum atomic E-state index is 11.2. The summed E-state index contributed by atoms with van der Waals surface area (Å²) in [6.45, 7) is 13.9. The van der Waals surface area contributed by atoms with Crippen molar-refractivity contribution in [1.82, 2.24) is 0 Å². The molecule has 0 aliphatic rings. The molecule has 0 radical (unpaired) electrons. The second-order valence-electron chi connectivity index (χ2n) is 6.06. The molecule has 0 atom stereocenters. The number of ether oxygens (including phenoxy) is 1. The van der Waals surface area contributed by atoms with Crippen molar-refractivity contribution in [3.63, 3.8) is 0 Å². The Hall–Kier alpha value is -1.01. The molecule has 1 aromatic rings. The fraction of sp³-hybridized carbons (Fsp3) is 0.421. The number of methoxy groups -OCH3 is 1. The minimum Gasteiger partial charge on any atom is -0.497 e. The summed E-state index contributed by atoms with van der Waals surface area (Å²) in [4.78, 5) is 11.2. The number of ketones is 1. The summed E-state index contributed by atoms with van der Waals surface area (Å²) in [5, 5.41) is 0. The SMILES string of the molecule is [CH2-]/C=C/C(=O)Cc1ccc(OC)cc1.[CH2-]CCC(C)(C)C.[W+2]. The van der Waals surface area contributed by atoms with E-state index in [9.17, 15) is 4.79 Å². The summed E-state index contributed by atoms with van der Waals surface area (Å²) < 4.78 is 5.01. The first-order valence-electron chi connectivity index (χ1n) is 7.23. The van der Waals surface area contributed by atoms with Crippen molar-refractivity contribution in [3.05, 3.63) is 55.8 Å². The van der Waals surface area contributed by atoms with E-state index in [1.165, 1.54) is 18.6 Å². The van der Waals surface area contributed by atoms with Crippen molar-refractivity contribution in [2.75, 3.05) is 7.11 Å². The van der Waals surface area contributed by atoms with Gasteiger partial charge in [0.25, 0.3) is 0 Å². The zero-order chi connectivity index (χ0) is 16.3. The molecule has 1 rings (SSSR count). The maximum absolute atomic E-state index is 11.2. The van der Waals surface area contributed by atoms with Crippen LogP contribution in [-0.2, 0) is 32.3 Å². The van der Waals surface area contributed by atoms with Crippen LogP contribution in [0.3, 0.4) is 0 Å². The van der Waals surface area contributed by atoms with Crippen molar-refractivity contribution < 1.29 is 30.6 Å². The Bertz CT molecular complexity index is 428. The Morgan fingerprint density at radius 2 is 1.77 bits per heavy atom. The molecule has 22 heavy (non-hydrogen) atoms. The van der Waals surface area contributed by atoms with Crippen LogP contribution in [0.4, 0.5) is 0 Å². The summed E-state index contributed by atoms with van der Waals surface area (Å²) in [5.41, 5.74) is 1.47. The quantitative estimate of drug-likeness (QED) is 0.453. The van der Waals surface area contributed by atoms with Gasteiger partial charge in [-0.05, 0) is 23.1 Å². The van der Waals surface area contributed by atoms with Gasteiger partial charge in [0.15, 0.2) is 0 Å². The van der Waals surface area contributed by atoms with Gasteiger partial charge in [-0.2, -0.15) is 12.5 Å². The molecule has 0 fully saturated rings. The predicted molar refractivity (Wildman–Crippen MR) is 90.2 cm³/mol. The van der Waals surface area contributed by atoms with Crippen molar-refractivity contribution >= 4 is 5.78 Å². The van der Waals surface area contributed by atoms with Gasteiger partial charge in [0, 0.05) is 6.42 Å². The van der Waals surface area contributed by atoms with Crippen LogP contribution in [0.1, 0.15) is 39.2 Å². The zero-order valence-electron chi connectivity index (χ0n) is 14.2. The van der Waals surface area contributed by atoms with E-state index in [-0.39, 0.29) is 26.8 Å². The van der Waals surface area contributed by atoms with Gasteiger partial charge in [-0.25, -0.2) is 13.0 Å². The van der Waals surface area contributed by atoms with Gasteiger partial charge in [0.05, 0.1) is 12.9 Å². The Labute approximate surface area is 150 Å². The summed E-state index contributed by atoms with van der Waals surface area (Å²) in [5.74, 6) is 0.860. The molecule has 0 spiro atoms. The van der Waals surface area contributed by atoms with Gasteiger partial charge in [-0.1, -0.05) is 39.3 Å². The number of hydrogen-bond acceptors (Lipinski definition) is 2. The van der Waals surface area contributed by atoms with Crippen LogP contribution in [0.5, 0.6) is 5.75 Å². The fourth-order valence-electron chi connectivity index (χ4n) is 1.67. The van der Waals surface area contributed by atoms with Crippen LogP contribution in [-0.4, -0.2) is 12.9 Å². The number of benzene rings is 1. The molecule has 0 amide bonds. The molecule has 0 aliphatic carbocycles. The fourth-order valence-corrected chi connectivity index (χ4v) is 1.67. The second kappa shape index (κ2) is 12.5. The van der Waals surface area contributed by atoms with E-state index in [1.807, 2.05) is 24.3 Å². The van der Waals surface area contributed by atoms with Crippen LogP contribution >= 0.6 is 0 Å². The van der Waals surface area contributed by atoms with Gasteiger partial charge in [0.2, 0.25) is 0 Å². The molecule has 1 aromatic carbocycles. The van der Waals surface area contributed by atoms with Gasteiger partial charge >= 0.3 is 21.1 Å². The normalized spacial score (nSPS) is 10.4. The Morgan fingerprint density at radius 3 is 2.09 bits per heavy atom. The summed E-state index contributed by atoms with van der Waals surface area (Å²) in [7, 11) is 1.62. The molecule has 2 nitrogen and oxygen atoms in total. The molecule has 0 aliphatic heterocycles.